The van der Waals surface area contributed by atoms with Gasteiger partial charge in [-0.05, 0) is 34.1 Å². The fourth-order valence-corrected chi connectivity index (χ4v) is 1.66. The van der Waals surface area contributed by atoms with Crippen molar-refractivity contribution in [2.24, 2.45) is 0 Å². The van der Waals surface area contributed by atoms with Gasteiger partial charge in [-0.25, -0.2) is 4.79 Å². The number of hydrogen-bond acceptors (Lipinski definition) is 3. The van der Waals surface area contributed by atoms with Crippen molar-refractivity contribution in [3.63, 3.8) is 0 Å². The lowest BCUT2D eigenvalue weighted by molar-refractivity contribution is 0.0270. The highest BCUT2D eigenvalue weighted by Gasteiger charge is 2.43. The molecule has 14 heavy (non-hydrogen) atoms. The third-order valence-corrected chi connectivity index (χ3v) is 2.69. The van der Waals surface area contributed by atoms with Gasteiger partial charge in [0.05, 0.1) is 17.7 Å². The summed E-state index contributed by atoms with van der Waals surface area (Å²) in [4.78, 5) is 13.2. The van der Waals surface area contributed by atoms with Crippen molar-refractivity contribution < 1.29 is 14.6 Å². The zero-order valence-corrected chi connectivity index (χ0v) is 9.28. The number of carbonyl (C=O) groups is 1. The van der Waals surface area contributed by atoms with Crippen LogP contribution in [0.2, 0.25) is 0 Å². The molecule has 4 heteroatoms. The van der Waals surface area contributed by atoms with E-state index < -0.39 is 11.6 Å². The van der Waals surface area contributed by atoms with E-state index in [0.29, 0.717) is 13.0 Å². The second kappa shape index (κ2) is 3.77. The van der Waals surface area contributed by atoms with Gasteiger partial charge in [0, 0.05) is 6.54 Å². The molecule has 0 aliphatic carbocycles. The Morgan fingerprint density at radius 3 is 2.50 bits per heavy atom. The lowest BCUT2D eigenvalue weighted by Crippen LogP contribution is -2.48. The number of ether oxygens (including phenoxy) is 1. The van der Waals surface area contributed by atoms with E-state index >= 15 is 0 Å². The van der Waals surface area contributed by atoms with Gasteiger partial charge in [-0.2, -0.15) is 0 Å². The van der Waals surface area contributed by atoms with Crippen LogP contribution in [0.1, 0.15) is 34.1 Å². The molecule has 1 aliphatic heterocycles. The third-order valence-electron chi connectivity index (χ3n) is 2.69. The molecule has 0 spiro atoms. The van der Waals surface area contributed by atoms with E-state index in [1.807, 2.05) is 27.7 Å². The van der Waals surface area contributed by atoms with Crippen molar-refractivity contribution in [1.29, 1.82) is 0 Å². The molecule has 82 valence electrons. The molecule has 1 unspecified atom stereocenters. The van der Waals surface area contributed by atoms with Gasteiger partial charge in [0.25, 0.3) is 0 Å². The second-order valence-electron chi connectivity index (χ2n) is 4.54. The van der Waals surface area contributed by atoms with Gasteiger partial charge in [-0.1, -0.05) is 0 Å². The van der Waals surface area contributed by atoms with E-state index in [-0.39, 0.29) is 12.2 Å². The highest BCUT2D eigenvalue weighted by Crippen LogP contribution is 2.29. The SMILES string of the molecule is CC(C)OC(=O)N1CCC(O)C1(C)C. The Morgan fingerprint density at radius 2 is 2.14 bits per heavy atom. The number of hydrogen-bond donors (Lipinski definition) is 1. The molecule has 1 fully saturated rings. The third kappa shape index (κ3) is 2.00. The predicted octanol–water partition coefficient (Wildman–Crippen LogP) is 1.38. The van der Waals surface area contributed by atoms with Crippen LogP contribution in [0.5, 0.6) is 0 Å². The number of aliphatic hydroxyl groups is 1. The van der Waals surface area contributed by atoms with Gasteiger partial charge in [0.15, 0.2) is 0 Å². The van der Waals surface area contributed by atoms with E-state index in [1.54, 1.807) is 4.90 Å². The largest absolute Gasteiger partial charge is 0.447 e. The monoisotopic (exact) mass is 201 g/mol. The number of rotatable bonds is 1. The Kier molecular flexibility index (Phi) is 3.04. The van der Waals surface area contributed by atoms with Crippen molar-refractivity contribution in [2.45, 2.75) is 51.9 Å². The fourth-order valence-electron chi connectivity index (χ4n) is 1.66. The number of nitrogens with zero attached hydrogens (tertiary/aromatic N) is 1. The van der Waals surface area contributed by atoms with E-state index in [0.717, 1.165) is 0 Å². The lowest BCUT2D eigenvalue weighted by atomic mass is 9.99. The molecule has 4 nitrogen and oxygen atoms in total. The molecule has 0 aromatic rings. The fraction of sp³-hybridized carbons (Fsp3) is 0.900. The number of amides is 1. The summed E-state index contributed by atoms with van der Waals surface area (Å²) in [5, 5.41) is 9.66. The van der Waals surface area contributed by atoms with Gasteiger partial charge in [0.2, 0.25) is 0 Å². The van der Waals surface area contributed by atoms with Crippen LogP contribution < -0.4 is 0 Å². The van der Waals surface area contributed by atoms with E-state index in [9.17, 15) is 9.90 Å². The van der Waals surface area contributed by atoms with E-state index in [1.165, 1.54) is 0 Å². The minimum atomic E-state index is -0.508. The Morgan fingerprint density at radius 1 is 1.57 bits per heavy atom. The summed E-state index contributed by atoms with van der Waals surface area (Å²) in [6, 6.07) is 0. The van der Waals surface area contributed by atoms with Crippen LogP contribution in [-0.2, 0) is 4.74 Å². The normalized spacial score (nSPS) is 25.6. The first-order chi connectivity index (χ1) is 6.35. The minimum absolute atomic E-state index is 0.115. The molecule has 1 aliphatic rings. The van der Waals surface area contributed by atoms with Crippen molar-refractivity contribution >= 4 is 6.09 Å². The number of aliphatic hydroxyl groups excluding tert-OH is 1. The maximum Gasteiger partial charge on any atom is 0.410 e. The van der Waals surface area contributed by atoms with Crippen LogP contribution in [0, 0.1) is 0 Å². The maximum absolute atomic E-state index is 11.6. The Labute approximate surface area is 84.8 Å². The summed E-state index contributed by atoms with van der Waals surface area (Å²) in [6.45, 7) is 7.91. The molecule has 0 aromatic heterocycles. The zero-order chi connectivity index (χ0) is 10.9. The summed E-state index contributed by atoms with van der Waals surface area (Å²) >= 11 is 0. The van der Waals surface area contributed by atoms with Crippen LogP contribution in [0.15, 0.2) is 0 Å². The van der Waals surface area contributed by atoms with Crippen LogP contribution >= 0.6 is 0 Å². The lowest BCUT2D eigenvalue weighted by Gasteiger charge is -2.33. The summed E-state index contributed by atoms with van der Waals surface area (Å²) in [5.74, 6) is 0. The molecule has 1 heterocycles. The summed E-state index contributed by atoms with van der Waals surface area (Å²) in [6.07, 6.45) is -0.278. The van der Waals surface area contributed by atoms with Crippen LogP contribution in [0.3, 0.4) is 0 Å². The smallest absolute Gasteiger partial charge is 0.410 e. The molecule has 1 N–H and O–H groups in total. The number of carbonyl (C=O) groups excluding carboxylic acids is 1. The Balaban J connectivity index is 2.65. The Bertz CT molecular complexity index is 225. The molecule has 0 saturated carbocycles. The van der Waals surface area contributed by atoms with Crippen LogP contribution in [0.4, 0.5) is 4.79 Å². The quantitative estimate of drug-likeness (QED) is 0.697. The molecular formula is C10H19NO3. The van der Waals surface area contributed by atoms with Gasteiger partial charge < -0.3 is 14.7 Å². The van der Waals surface area contributed by atoms with Gasteiger partial charge in [0.1, 0.15) is 0 Å². The minimum Gasteiger partial charge on any atom is -0.447 e. The highest BCUT2D eigenvalue weighted by atomic mass is 16.6. The average Bonchev–Trinajstić information content (AvgIpc) is 2.26. The van der Waals surface area contributed by atoms with E-state index in [2.05, 4.69) is 0 Å². The number of likely N-dealkylation sites (tertiary alicyclic amines) is 1. The first kappa shape index (κ1) is 11.3. The topological polar surface area (TPSA) is 49.8 Å². The van der Waals surface area contributed by atoms with Gasteiger partial charge in [-0.3, -0.25) is 0 Å². The molecule has 1 atom stereocenters. The zero-order valence-electron chi connectivity index (χ0n) is 9.28. The maximum atomic E-state index is 11.6. The summed E-state index contributed by atoms with van der Waals surface area (Å²) in [5.41, 5.74) is -0.508. The van der Waals surface area contributed by atoms with Gasteiger partial charge >= 0.3 is 6.09 Å². The summed E-state index contributed by atoms with van der Waals surface area (Å²) < 4.78 is 5.09. The van der Waals surface area contributed by atoms with Crippen molar-refractivity contribution in [3.05, 3.63) is 0 Å². The molecule has 0 radical (unpaired) electrons. The Hall–Kier alpha value is -0.770. The molecule has 0 bridgehead atoms. The van der Waals surface area contributed by atoms with Crippen LogP contribution in [0.25, 0.3) is 0 Å². The second-order valence-corrected chi connectivity index (χ2v) is 4.54. The molecular weight excluding hydrogens is 182 g/mol. The van der Waals surface area contributed by atoms with Gasteiger partial charge in [-0.15, -0.1) is 0 Å². The molecule has 1 saturated heterocycles. The first-order valence-electron chi connectivity index (χ1n) is 5.02. The van der Waals surface area contributed by atoms with E-state index in [4.69, 9.17) is 4.74 Å². The van der Waals surface area contributed by atoms with Crippen molar-refractivity contribution in [2.75, 3.05) is 6.54 Å². The van der Waals surface area contributed by atoms with Crippen LogP contribution in [-0.4, -0.2) is 40.4 Å². The average molecular weight is 201 g/mol. The predicted molar refractivity (Wildman–Crippen MR) is 53.0 cm³/mol. The summed E-state index contributed by atoms with van der Waals surface area (Å²) in [7, 11) is 0. The standard InChI is InChI=1S/C10H19NO3/c1-7(2)14-9(13)11-6-5-8(12)10(11,3)4/h7-8,12H,5-6H2,1-4H3. The van der Waals surface area contributed by atoms with Crippen molar-refractivity contribution in [1.82, 2.24) is 4.90 Å². The molecule has 0 aromatic carbocycles. The highest BCUT2D eigenvalue weighted by molar-refractivity contribution is 5.69. The molecule has 1 amide bonds. The molecule has 1 rings (SSSR count). The van der Waals surface area contributed by atoms with Crippen molar-refractivity contribution in [3.8, 4) is 0 Å². The first-order valence-corrected chi connectivity index (χ1v) is 5.02.